The number of fused-ring (bicyclic) bond motifs is 4. The van der Waals surface area contributed by atoms with Crippen LogP contribution in [0.5, 0.6) is 0 Å². The Morgan fingerprint density at radius 3 is 2.27 bits per heavy atom. The molecule has 0 atom stereocenters. The first-order valence-electron chi connectivity index (χ1n) is 14.9. The Labute approximate surface area is 277 Å². The third-order valence-electron chi connectivity index (χ3n) is 7.99. The van der Waals surface area contributed by atoms with Crippen LogP contribution in [0, 0.1) is 0 Å². The smallest absolute Gasteiger partial charge is 0.266 e. The van der Waals surface area contributed by atoms with Crippen molar-refractivity contribution in [2.24, 2.45) is 9.98 Å². The average molecular weight is 688 g/mol. The number of thiazole rings is 2. The van der Waals surface area contributed by atoms with Gasteiger partial charge < -0.3 is 19.3 Å². The number of aliphatic imine (C=N–C) groups is 2. The summed E-state index contributed by atoms with van der Waals surface area (Å²) < 4.78 is 11.0. The number of amidine groups is 2. The molecule has 6 bridgehead atoms. The highest BCUT2D eigenvalue weighted by Crippen LogP contribution is 2.46. The van der Waals surface area contributed by atoms with Crippen LogP contribution in [0.15, 0.2) is 37.1 Å². The Balaban J connectivity index is 0.00000160. The Kier molecular flexibility index (Phi) is 8.51. The van der Waals surface area contributed by atoms with Crippen molar-refractivity contribution in [2.75, 3.05) is 52.6 Å². The van der Waals surface area contributed by atoms with Gasteiger partial charge in [-0.3, -0.25) is 9.59 Å². The first-order chi connectivity index (χ1) is 21.9. The number of amides is 2. The van der Waals surface area contributed by atoms with Crippen molar-refractivity contribution in [3.63, 3.8) is 0 Å². The van der Waals surface area contributed by atoms with Gasteiger partial charge in [0.2, 0.25) is 10.3 Å². The van der Waals surface area contributed by atoms with E-state index in [0.29, 0.717) is 94.4 Å². The molecule has 0 spiro atoms. The molecule has 17 heteroatoms. The second-order valence-corrected chi connectivity index (χ2v) is 14.6. The summed E-state index contributed by atoms with van der Waals surface area (Å²) in [6.45, 7) is 12.3. The van der Waals surface area contributed by atoms with E-state index in [0.717, 1.165) is 11.4 Å². The quantitative estimate of drug-likeness (QED) is 0.491. The van der Waals surface area contributed by atoms with E-state index in [1.54, 1.807) is 4.90 Å². The number of hydrogen-bond donors (Lipinski definition) is 1. The number of hydrogen-bond acceptors (Lipinski definition) is 15. The minimum Gasteiger partial charge on any atom is -0.378 e. The van der Waals surface area contributed by atoms with Gasteiger partial charge in [0.05, 0.1) is 54.6 Å². The van der Waals surface area contributed by atoms with Crippen LogP contribution in [0.3, 0.4) is 0 Å². The molecule has 2 aromatic heterocycles. The maximum atomic E-state index is 14.1. The molecule has 6 aliphatic rings. The largest absolute Gasteiger partial charge is 0.378 e. The van der Waals surface area contributed by atoms with Crippen LogP contribution in [0.25, 0.3) is 0 Å². The van der Waals surface area contributed by atoms with E-state index < -0.39 is 5.41 Å². The first-order valence-corrected chi connectivity index (χ1v) is 18.3. The molecular weight excluding hydrogens is 655 g/mol. The number of carbonyl (C=O) groups is 2. The van der Waals surface area contributed by atoms with Crippen molar-refractivity contribution >= 4 is 78.6 Å². The van der Waals surface area contributed by atoms with Gasteiger partial charge in [-0.1, -0.05) is 36.9 Å². The third-order valence-corrected chi connectivity index (χ3v) is 11.6. The molecule has 2 amide bonds. The SMILES string of the molecule is CC.CC1(C)C2=CS/C3=N/c4nc(c(C(=O)N5CCOCC5)s4)CC4=C(C(=O)N5CCOCC5)S/C(=N/c5nc1cs5)N4NN23. The number of nitrogens with zero attached hydrogens (tertiary/aromatic N) is 8. The number of thioether (sulfide) groups is 2. The molecule has 6 aliphatic heterocycles. The normalized spacial score (nSPS) is 24.2. The first kappa shape index (κ1) is 30.8. The molecule has 2 aromatic rings. The van der Waals surface area contributed by atoms with Crippen molar-refractivity contribution in [3.8, 4) is 0 Å². The predicted molar refractivity (Wildman–Crippen MR) is 178 cm³/mol. The Bertz CT molecular complexity index is 1650. The fourth-order valence-electron chi connectivity index (χ4n) is 5.48. The van der Waals surface area contributed by atoms with Gasteiger partial charge in [-0.2, -0.15) is 9.98 Å². The second kappa shape index (κ2) is 12.4. The zero-order valence-corrected chi connectivity index (χ0v) is 28.6. The van der Waals surface area contributed by atoms with Crippen molar-refractivity contribution < 1.29 is 19.1 Å². The number of allylic oxidation sites excluding steroid dienone is 2. The van der Waals surface area contributed by atoms with Crippen LogP contribution in [0.2, 0.25) is 0 Å². The van der Waals surface area contributed by atoms with E-state index in [9.17, 15) is 9.59 Å². The number of rotatable bonds is 2. The third kappa shape index (κ3) is 5.51. The summed E-state index contributed by atoms with van der Waals surface area (Å²) in [6, 6.07) is 0. The Hall–Kier alpha value is -2.80. The zero-order chi connectivity index (χ0) is 31.3. The summed E-state index contributed by atoms with van der Waals surface area (Å²) in [7, 11) is 0. The molecule has 238 valence electrons. The lowest BCUT2D eigenvalue weighted by Crippen LogP contribution is -2.53. The van der Waals surface area contributed by atoms with Crippen molar-refractivity contribution in [3.05, 3.63) is 43.4 Å². The predicted octanol–water partition coefficient (Wildman–Crippen LogP) is 4.05. The summed E-state index contributed by atoms with van der Waals surface area (Å²) in [6.07, 6.45) is 0.240. The van der Waals surface area contributed by atoms with E-state index >= 15 is 0 Å². The van der Waals surface area contributed by atoms with Gasteiger partial charge in [-0.25, -0.2) is 20.0 Å². The number of hydrazine groups is 2. The van der Waals surface area contributed by atoms with Gasteiger partial charge in [0.15, 0.2) is 10.3 Å². The fraction of sp³-hybridized carbons (Fsp3) is 0.500. The number of aromatic nitrogens is 2. The van der Waals surface area contributed by atoms with Gasteiger partial charge in [0, 0.05) is 43.4 Å². The lowest BCUT2D eigenvalue weighted by molar-refractivity contribution is -0.130. The molecule has 45 heavy (non-hydrogen) atoms. The molecular formula is C28H33N9O4S4. The van der Waals surface area contributed by atoms with Crippen LogP contribution in [-0.2, 0) is 26.1 Å². The highest BCUT2D eigenvalue weighted by molar-refractivity contribution is 8.18. The van der Waals surface area contributed by atoms with Crippen LogP contribution in [-0.4, -0.2) is 105 Å². The Morgan fingerprint density at radius 2 is 1.56 bits per heavy atom. The Morgan fingerprint density at radius 1 is 0.889 bits per heavy atom. The lowest BCUT2D eigenvalue weighted by Gasteiger charge is -2.36. The lowest BCUT2D eigenvalue weighted by atomic mass is 9.86. The van der Waals surface area contributed by atoms with Crippen LogP contribution >= 0.6 is 46.2 Å². The molecule has 13 nitrogen and oxygen atoms in total. The molecule has 0 aliphatic carbocycles. The van der Waals surface area contributed by atoms with Gasteiger partial charge in [-0.05, 0) is 25.6 Å². The van der Waals surface area contributed by atoms with E-state index in [-0.39, 0.29) is 18.2 Å². The van der Waals surface area contributed by atoms with Crippen molar-refractivity contribution in [1.29, 1.82) is 0 Å². The standard InChI is InChI=1S/C26H27N9O4S4.C2H6/c1-26(2)16-12-40-22(28-16)29-25-34-15(19(43-25)21(37)33-5-9-39-10-6-33)11-14-18(20(36)32-3-7-38-8-4-32)42-23(27-14)30-24-35(31-34)17(26)13-41-24;1-2/h12-13,31H,3-11H2,1-2H3;1-2H3/b29-25+,30-24+;. The number of nitrogens with one attached hydrogen (secondary N) is 1. The zero-order valence-electron chi connectivity index (χ0n) is 25.4. The topological polar surface area (TPSA) is 128 Å². The molecule has 0 unspecified atom stereocenters. The number of carbonyl (C=O) groups excluding carboxylic acids is 2. The number of ether oxygens (including phenoxy) is 2. The highest BCUT2D eigenvalue weighted by atomic mass is 32.2. The van der Waals surface area contributed by atoms with Crippen LogP contribution in [0.1, 0.15) is 48.8 Å². The van der Waals surface area contributed by atoms with E-state index in [1.165, 1.54) is 46.2 Å². The van der Waals surface area contributed by atoms with Crippen LogP contribution in [0.4, 0.5) is 10.3 Å². The minimum absolute atomic E-state index is 0.0917. The summed E-state index contributed by atoms with van der Waals surface area (Å²) in [5, 5.41) is 10.2. The molecule has 2 fully saturated rings. The molecule has 0 aromatic carbocycles. The van der Waals surface area contributed by atoms with Gasteiger partial charge in [0.25, 0.3) is 11.8 Å². The minimum atomic E-state index is -0.474. The van der Waals surface area contributed by atoms with Gasteiger partial charge in [-0.15, -0.1) is 16.9 Å². The van der Waals surface area contributed by atoms with Crippen LogP contribution < -0.4 is 5.53 Å². The molecule has 0 saturated carbocycles. The second-order valence-electron chi connectivity index (χ2n) is 11.0. The fourth-order valence-corrected chi connectivity index (χ4v) is 9.43. The average Bonchev–Trinajstić information content (AvgIpc) is 3.86. The van der Waals surface area contributed by atoms with E-state index in [1.807, 2.05) is 34.1 Å². The number of morpholine rings is 2. The summed E-state index contributed by atoms with van der Waals surface area (Å²) in [5.74, 6) is -0.185. The van der Waals surface area contributed by atoms with Gasteiger partial charge >= 0.3 is 0 Å². The maximum Gasteiger partial charge on any atom is 0.266 e. The summed E-state index contributed by atoms with van der Waals surface area (Å²) in [5.41, 5.74) is 6.20. The molecule has 8 rings (SSSR count). The summed E-state index contributed by atoms with van der Waals surface area (Å²) >= 11 is 5.55. The van der Waals surface area contributed by atoms with E-state index in [2.05, 4.69) is 24.8 Å². The molecule has 0 radical (unpaired) electrons. The van der Waals surface area contributed by atoms with Gasteiger partial charge in [0.1, 0.15) is 9.78 Å². The molecule has 1 N–H and O–H groups in total. The molecule has 8 heterocycles. The summed E-state index contributed by atoms with van der Waals surface area (Å²) in [4.78, 5) is 52.3. The van der Waals surface area contributed by atoms with Crippen molar-refractivity contribution in [2.45, 2.75) is 39.5 Å². The maximum absolute atomic E-state index is 14.1. The van der Waals surface area contributed by atoms with Crippen molar-refractivity contribution in [1.82, 2.24) is 35.3 Å². The highest BCUT2D eigenvalue weighted by Gasteiger charge is 2.44. The monoisotopic (exact) mass is 687 g/mol. The van der Waals surface area contributed by atoms with E-state index in [4.69, 9.17) is 29.4 Å². The molecule has 2 saturated heterocycles.